The van der Waals surface area contributed by atoms with E-state index in [9.17, 15) is 4.79 Å². The van der Waals surface area contributed by atoms with Gasteiger partial charge >= 0.3 is 0 Å². The molecule has 0 saturated heterocycles. The maximum Gasteiger partial charge on any atom is 0.256 e. The summed E-state index contributed by atoms with van der Waals surface area (Å²) in [4.78, 5) is 17.2. The standard InChI is InChI=1S/C22H25NO8/c1-25-15-9-12(11-23-22(15)30-6)7-8-13-10-14(24)16-17(26-2)19(27-3)21(29-5)20(28-4)18(16)31-13/h9-11H,7-8H2,1-6H3. The van der Waals surface area contributed by atoms with Gasteiger partial charge in [0.1, 0.15) is 11.1 Å². The maximum atomic E-state index is 13.0. The van der Waals surface area contributed by atoms with E-state index in [1.54, 1.807) is 13.3 Å². The van der Waals surface area contributed by atoms with Gasteiger partial charge in [-0.15, -0.1) is 0 Å². The Bertz CT molecular complexity index is 1140. The van der Waals surface area contributed by atoms with Crippen molar-refractivity contribution in [3.8, 4) is 34.6 Å². The predicted molar refractivity (Wildman–Crippen MR) is 113 cm³/mol. The number of hydrogen-bond acceptors (Lipinski definition) is 9. The van der Waals surface area contributed by atoms with E-state index in [2.05, 4.69) is 4.98 Å². The number of nitrogens with zero attached hydrogens (tertiary/aromatic N) is 1. The molecule has 3 rings (SSSR count). The number of ether oxygens (including phenoxy) is 6. The molecule has 0 aliphatic carbocycles. The lowest BCUT2D eigenvalue weighted by Crippen LogP contribution is -2.08. The SMILES string of the molecule is COc1cc(CCc2cc(=O)c3c(OC)c(OC)c(OC)c(OC)c3o2)cnc1OC. The first-order chi connectivity index (χ1) is 15.0. The first kappa shape index (κ1) is 22.1. The number of hydrogen-bond donors (Lipinski definition) is 0. The fraction of sp³-hybridized carbons (Fsp3) is 0.364. The predicted octanol–water partition coefficient (Wildman–Crippen LogP) is 3.02. The molecule has 0 amide bonds. The van der Waals surface area contributed by atoms with E-state index in [1.807, 2.05) is 6.07 Å². The minimum absolute atomic E-state index is 0.216. The summed E-state index contributed by atoms with van der Waals surface area (Å²) in [6, 6.07) is 3.27. The van der Waals surface area contributed by atoms with Gasteiger partial charge in [0.15, 0.2) is 22.5 Å². The van der Waals surface area contributed by atoms with Crippen LogP contribution in [-0.2, 0) is 12.8 Å². The van der Waals surface area contributed by atoms with Crippen LogP contribution in [0.1, 0.15) is 11.3 Å². The quantitative estimate of drug-likeness (QED) is 0.506. The van der Waals surface area contributed by atoms with Crippen LogP contribution >= 0.6 is 0 Å². The average molecular weight is 431 g/mol. The summed E-state index contributed by atoms with van der Waals surface area (Å²) in [5.41, 5.74) is 0.847. The van der Waals surface area contributed by atoms with Crippen LogP contribution in [0.5, 0.6) is 34.6 Å². The Morgan fingerprint density at radius 1 is 0.774 bits per heavy atom. The van der Waals surface area contributed by atoms with E-state index in [0.717, 1.165) is 5.56 Å². The number of aryl methyl sites for hydroxylation is 2. The van der Waals surface area contributed by atoms with E-state index in [-0.39, 0.29) is 39.4 Å². The Balaban J connectivity index is 2.07. The molecule has 1 aromatic carbocycles. The summed E-state index contributed by atoms with van der Waals surface area (Å²) in [5.74, 6) is 2.41. The number of pyridine rings is 1. The molecule has 0 atom stereocenters. The largest absolute Gasteiger partial charge is 0.492 e. The van der Waals surface area contributed by atoms with Crippen LogP contribution in [0.25, 0.3) is 11.0 Å². The minimum atomic E-state index is -0.280. The number of methoxy groups -OCH3 is 6. The first-order valence-corrected chi connectivity index (χ1v) is 9.42. The zero-order valence-corrected chi connectivity index (χ0v) is 18.4. The third-order valence-electron chi connectivity index (χ3n) is 4.82. The highest BCUT2D eigenvalue weighted by atomic mass is 16.5. The van der Waals surface area contributed by atoms with Crippen LogP contribution in [0.2, 0.25) is 0 Å². The second-order valence-corrected chi connectivity index (χ2v) is 6.47. The van der Waals surface area contributed by atoms with E-state index < -0.39 is 0 Å². The van der Waals surface area contributed by atoms with Gasteiger partial charge in [0, 0.05) is 18.7 Å². The van der Waals surface area contributed by atoms with Crippen molar-refractivity contribution in [2.45, 2.75) is 12.8 Å². The highest BCUT2D eigenvalue weighted by Crippen LogP contribution is 2.49. The number of rotatable bonds is 9. The molecule has 0 unspecified atom stereocenters. The Hall–Kier alpha value is -3.62. The molecule has 0 saturated carbocycles. The van der Waals surface area contributed by atoms with Gasteiger partial charge in [-0.05, 0) is 18.1 Å². The molecular weight excluding hydrogens is 406 g/mol. The summed E-state index contributed by atoms with van der Waals surface area (Å²) in [6.07, 6.45) is 2.70. The molecule has 0 aliphatic rings. The number of aromatic nitrogens is 1. The summed E-state index contributed by atoms with van der Waals surface area (Å²) >= 11 is 0. The lowest BCUT2D eigenvalue weighted by Gasteiger charge is -2.17. The molecule has 0 bridgehead atoms. The van der Waals surface area contributed by atoms with Gasteiger partial charge in [0.25, 0.3) is 5.88 Å². The van der Waals surface area contributed by atoms with Crippen molar-refractivity contribution in [2.24, 2.45) is 0 Å². The molecule has 31 heavy (non-hydrogen) atoms. The van der Waals surface area contributed by atoms with Crippen molar-refractivity contribution in [1.82, 2.24) is 4.98 Å². The van der Waals surface area contributed by atoms with Crippen LogP contribution in [0, 0.1) is 0 Å². The van der Waals surface area contributed by atoms with E-state index in [1.165, 1.54) is 41.6 Å². The Labute approximate surface area is 179 Å². The summed E-state index contributed by atoms with van der Waals surface area (Å²) < 4.78 is 38.3. The van der Waals surface area contributed by atoms with Crippen molar-refractivity contribution in [3.63, 3.8) is 0 Å². The second kappa shape index (κ2) is 9.46. The molecule has 0 spiro atoms. The topological polar surface area (TPSA) is 98.5 Å². The number of benzene rings is 1. The van der Waals surface area contributed by atoms with Crippen LogP contribution in [-0.4, -0.2) is 47.6 Å². The molecular formula is C22H25NO8. The highest BCUT2D eigenvalue weighted by molar-refractivity contribution is 5.94. The second-order valence-electron chi connectivity index (χ2n) is 6.47. The zero-order chi connectivity index (χ0) is 22.5. The lowest BCUT2D eigenvalue weighted by atomic mass is 10.1. The van der Waals surface area contributed by atoms with E-state index >= 15 is 0 Å². The van der Waals surface area contributed by atoms with Crippen LogP contribution in [0.3, 0.4) is 0 Å². The van der Waals surface area contributed by atoms with Crippen molar-refractivity contribution in [1.29, 1.82) is 0 Å². The van der Waals surface area contributed by atoms with Crippen LogP contribution in [0.4, 0.5) is 0 Å². The van der Waals surface area contributed by atoms with Gasteiger partial charge in [-0.3, -0.25) is 4.79 Å². The molecule has 166 valence electrons. The minimum Gasteiger partial charge on any atom is -0.492 e. The molecule has 3 aromatic rings. The monoisotopic (exact) mass is 431 g/mol. The normalized spacial score (nSPS) is 10.6. The molecule has 0 fully saturated rings. The molecule has 0 N–H and O–H groups in total. The summed E-state index contributed by atoms with van der Waals surface area (Å²) in [5, 5.41) is 0.216. The average Bonchev–Trinajstić information content (AvgIpc) is 2.80. The van der Waals surface area contributed by atoms with Crippen molar-refractivity contribution in [3.05, 3.63) is 39.9 Å². The van der Waals surface area contributed by atoms with E-state index in [0.29, 0.717) is 30.2 Å². The van der Waals surface area contributed by atoms with E-state index in [4.69, 9.17) is 32.8 Å². The van der Waals surface area contributed by atoms with Gasteiger partial charge in [-0.25, -0.2) is 4.98 Å². The third kappa shape index (κ3) is 4.03. The van der Waals surface area contributed by atoms with Gasteiger partial charge < -0.3 is 32.8 Å². The fourth-order valence-corrected chi connectivity index (χ4v) is 3.39. The summed E-state index contributed by atoms with van der Waals surface area (Å²) in [7, 11) is 8.91. The Morgan fingerprint density at radius 2 is 1.42 bits per heavy atom. The zero-order valence-electron chi connectivity index (χ0n) is 18.4. The van der Waals surface area contributed by atoms with Gasteiger partial charge in [0.2, 0.25) is 17.2 Å². The molecule has 9 heteroatoms. The van der Waals surface area contributed by atoms with Crippen molar-refractivity contribution >= 4 is 11.0 Å². The van der Waals surface area contributed by atoms with Gasteiger partial charge in [0.05, 0.1) is 42.7 Å². The highest BCUT2D eigenvalue weighted by Gasteiger charge is 2.27. The molecule has 0 radical (unpaired) electrons. The van der Waals surface area contributed by atoms with Crippen molar-refractivity contribution in [2.75, 3.05) is 42.7 Å². The number of fused-ring (bicyclic) bond motifs is 1. The molecule has 2 heterocycles. The molecule has 2 aromatic heterocycles. The van der Waals surface area contributed by atoms with Crippen molar-refractivity contribution < 1.29 is 32.8 Å². The maximum absolute atomic E-state index is 13.0. The Kier molecular flexibility index (Phi) is 6.74. The van der Waals surface area contributed by atoms with Gasteiger partial charge in [-0.2, -0.15) is 0 Å². The Morgan fingerprint density at radius 3 is 2.00 bits per heavy atom. The lowest BCUT2D eigenvalue weighted by molar-refractivity contribution is 0.306. The fourth-order valence-electron chi connectivity index (χ4n) is 3.39. The molecule has 9 nitrogen and oxygen atoms in total. The summed E-state index contributed by atoms with van der Waals surface area (Å²) in [6.45, 7) is 0. The molecule has 0 aliphatic heterocycles. The van der Waals surface area contributed by atoms with Gasteiger partial charge in [-0.1, -0.05) is 0 Å². The smallest absolute Gasteiger partial charge is 0.256 e. The van der Waals surface area contributed by atoms with Crippen LogP contribution < -0.4 is 33.8 Å². The first-order valence-electron chi connectivity index (χ1n) is 9.42. The van der Waals surface area contributed by atoms with Crippen LogP contribution in [0.15, 0.2) is 27.5 Å². The third-order valence-corrected chi connectivity index (χ3v) is 4.82.